The lowest BCUT2D eigenvalue weighted by Gasteiger charge is -2.20. The predicted octanol–water partition coefficient (Wildman–Crippen LogP) is 5.53. The molecule has 29 heavy (non-hydrogen) atoms. The van der Waals surface area contributed by atoms with Crippen LogP contribution in [0.2, 0.25) is 5.02 Å². The van der Waals surface area contributed by atoms with Crippen LogP contribution in [0, 0.1) is 0 Å². The Kier molecular flexibility index (Phi) is 6.68. The monoisotopic (exact) mass is 407 g/mol. The molecule has 3 aromatic carbocycles. The minimum Gasteiger partial charge on any atom is -0.454 e. The Labute approximate surface area is 175 Å². The summed E-state index contributed by atoms with van der Waals surface area (Å²) in [6.45, 7) is 2.20. The van der Waals surface area contributed by atoms with Gasteiger partial charge in [-0.05, 0) is 30.7 Å². The molecule has 1 amide bonds. The normalized spacial score (nSPS) is 11.6. The van der Waals surface area contributed by atoms with E-state index < -0.39 is 12.1 Å². The zero-order valence-electron chi connectivity index (χ0n) is 16.3. The van der Waals surface area contributed by atoms with Gasteiger partial charge in [0.25, 0.3) is 5.91 Å². The Morgan fingerprint density at radius 1 is 0.897 bits per heavy atom. The maximum Gasteiger partial charge on any atom is 0.339 e. The van der Waals surface area contributed by atoms with Gasteiger partial charge >= 0.3 is 5.97 Å². The van der Waals surface area contributed by atoms with E-state index in [2.05, 4.69) is 0 Å². The SMILES string of the molecule is C[C@H](OC(=O)c1ccccc1C(=O)N(C)Cc1ccccc1)c1ccccc1Cl. The molecule has 3 aromatic rings. The van der Waals surface area contributed by atoms with Crippen LogP contribution >= 0.6 is 11.6 Å². The highest BCUT2D eigenvalue weighted by atomic mass is 35.5. The topological polar surface area (TPSA) is 46.6 Å². The highest BCUT2D eigenvalue weighted by Gasteiger charge is 2.23. The van der Waals surface area contributed by atoms with Crippen LogP contribution < -0.4 is 0 Å². The number of benzene rings is 3. The summed E-state index contributed by atoms with van der Waals surface area (Å²) in [5, 5.41) is 0.528. The Morgan fingerprint density at radius 2 is 1.48 bits per heavy atom. The minimum atomic E-state index is -0.561. The van der Waals surface area contributed by atoms with Gasteiger partial charge in [-0.2, -0.15) is 0 Å². The zero-order valence-corrected chi connectivity index (χ0v) is 17.1. The molecule has 0 saturated carbocycles. The van der Waals surface area contributed by atoms with E-state index >= 15 is 0 Å². The van der Waals surface area contributed by atoms with Crippen LogP contribution in [0.3, 0.4) is 0 Å². The first-order valence-electron chi connectivity index (χ1n) is 9.31. The lowest BCUT2D eigenvalue weighted by atomic mass is 10.1. The third-order valence-corrected chi connectivity index (χ3v) is 4.96. The second-order valence-electron chi connectivity index (χ2n) is 6.76. The van der Waals surface area contributed by atoms with Gasteiger partial charge in [-0.1, -0.05) is 72.3 Å². The summed E-state index contributed by atoms with van der Waals surface area (Å²) in [7, 11) is 1.71. The molecule has 3 rings (SSSR count). The molecule has 0 aromatic heterocycles. The van der Waals surface area contributed by atoms with Crippen LogP contribution in [0.4, 0.5) is 0 Å². The van der Waals surface area contributed by atoms with Crippen LogP contribution in [0.25, 0.3) is 0 Å². The maximum atomic E-state index is 13.0. The van der Waals surface area contributed by atoms with Crippen molar-refractivity contribution in [2.75, 3.05) is 7.05 Å². The molecule has 0 heterocycles. The summed E-state index contributed by atoms with van der Waals surface area (Å²) in [5.74, 6) is -0.804. The molecular formula is C24H22ClNO3. The number of amides is 1. The first-order chi connectivity index (χ1) is 14.0. The number of hydrogen-bond donors (Lipinski definition) is 0. The lowest BCUT2D eigenvalue weighted by molar-refractivity contribution is 0.0334. The number of carbonyl (C=O) groups is 2. The van der Waals surface area contributed by atoms with Crippen molar-refractivity contribution in [3.05, 3.63) is 106 Å². The van der Waals surface area contributed by atoms with E-state index in [1.807, 2.05) is 48.5 Å². The number of ether oxygens (including phenoxy) is 1. The molecule has 0 aliphatic heterocycles. The Morgan fingerprint density at radius 3 is 2.17 bits per heavy atom. The van der Waals surface area contributed by atoms with Crippen LogP contribution in [0.15, 0.2) is 78.9 Å². The predicted molar refractivity (Wildman–Crippen MR) is 114 cm³/mol. The van der Waals surface area contributed by atoms with Crippen molar-refractivity contribution >= 4 is 23.5 Å². The Hall–Kier alpha value is -3.11. The summed E-state index contributed by atoms with van der Waals surface area (Å²) in [6, 6.07) is 23.6. The molecule has 4 nitrogen and oxygen atoms in total. The molecule has 0 saturated heterocycles. The highest BCUT2D eigenvalue weighted by Crippen LogP contribution is 2.26. The zero-order chi connectivity index (χ0) is 20.8. The molecule has 0 unspecified atom stereocenters. The third kappa shape index (κ3) is 5.04. The van der Waals surface area contributed by atoms with Crippen LogP contribution in [-0.2, 0) is 11.3 Å². The second kappa shape index (κ2) is 9.39. The maximum absolute atomic E-state index is 13.0. The van der Waals surface area contributed by atoms with E-state index in [0.29, 0.717) is 22.7 Å². The van der Waals surface area contributed by atoms with E-state index in [0.717, 1.165) is 5.56 Å². The quantitative estimate of drug-likeness (QED) is 0.504. The van der Waals surface area contributed by atoms with E-state index in [1.54, 1.807) is 49.2 Å². The first kappa shape index (κ1) is 20.6. The van der Waals surface area contributed by atoms with Gasteiger partial charge in [0.05, 0.1) is 11.1 Å². The van der Waals surface area contributed by atoms with Crippen LogP contribution in [0.5, 0.6) is 0 Å². The number of halogens is 1. The lowest BCUT2D eigenvalue weighted by Crippen LogP contribution is -2.28. The van der Waals surface area contributed by atoms with Gasteiger partial charge in [0, 0.05) is 24.2 Å². The molecular weight excluding hydrogens is 386 g/mol. The summed E-state index contributed by atoms with van der Waals surface area (Å²) >= 11 is 6.20. The molecule has 0 spiro atoms. The molecule has 5 heteroatoms. The number of esters is 1. The molecule has 0 bridgehead atoms. The minimum absolute atomic E-state index is 0.233. The van der Waals surface area contributed by atoms with Gasteiger partial charge in [0.15, 0.2) is 0 Å². The van der Waals surface area contributed by atoms with Crippen molar-refractivity contribution in [2.24, 2.45) is 0 Å². The van der Waals surface area contributed by atoms with Gasteiger partial charge in [0.1, 0.15) is 6.10 Å². The number of nitrogens with zero attached hydrogens (tertiary/aromatic N) is 1. The number of carbonyl (C=O) groups excluding carboxylic acids is 2. The van der Waals surface area contributed by atoms with Gasteiger partial charge in [-0.15, -0.1) is 0 Å². The second-order valence-corrected chi connectivity index (χ2v) is 7.17. The van der Waals surface area contributed by atoms with Crippen molar-refractivity contribution in [2.45, 2.75) is 19.6 Å². The van der Waals surface area contributed by atoms with Crippen molar-refractivity contribution in [3.8, 4) is 0 Å². The molecule has 0 radical (unpaired) electrons. The van der Waals surface area contributed by atoms with Gasteiger partial charge in [-0.3, -0.25) is 4.79 Å². The molecule has 148 valence electrons. The van der Waals surface area contributed by atoms with Crippen LogP contribution in [0.1, 0.15) is 44.9 Å². The fraction of sp³-hybridized carbons (Fsp3) is 0.167. The smallest absolute Gasteiger partial charge is 0.339 e. The summed E-state index contributed by atoms with van der Waals surface area (Å²) in [4.78, 5) is 27.4. The molecule has 0 aliphatic rings. The fourth-order valence-electron chi connectivity index (χ4n) is 3.07. The van der Waals surface area contributed by atoms with Gasteiger partial charge < -0.3 is 9.64 Å². The average Bonchev–Trinajstić information content (AvgIpc) is 2.74. The standard InChI is InChI=1S/C24H22ClNO3/c1-17(19-12-8-9-15-22(19)25)29-24(28)21-14-7-6-13-20(21)23(27)26(2)16-18-10-4-3-5-11-18/h3-15,17H,16H2,1-2H3/t17-/m0/s1. The Balaban J connectivity index is 1.78. The van der Waals surface area contributed by atoms with E-state index in [9.17, 15) is 9.59 Å². The molecule has 0 fully saturated rings. The van der Waals surface area contributed by atoms with Crippen molar-refractivity contribution in [3.63, 3.8) is 0 Å². The number of hydrogen-bond acceptors (Lipinski definition) is 3. The fourth-order valence-corrected chi connectivity index (χ4v) is 3.36. The molecule has 0 aliphatic carbocycles. The van der Waals surface area contributed by atoms with E-state index in [1.165, 1.54) is 0 Å². The van der Waals surface area contributed by atoms with E-state index in [-0.39, 0.29) is 11.5 Å². The average molecular weight is 408 g/mol. The summed E-state index contributed by atoms with van der Waals surface area (Å²) in [5.41, 5.74) is 2.27. The largest absolute Gasteiger partial charge is 0.454 e. The van der Waals surface area contributed by atoms with Gasteiger partial charge in [-0.25, -0.2) is 4.79 Å². The highest BCUT2D eigenvalue weighted by molar-refractivity contribution is 6.31. The van der Waals surface area contributed by atoms with Crippen molar-refractivity contribution in [1.82, 2.24) is 4.90 Å². The van der Waals surface area contributed by atoms with E-state index in [4.69, 9.17) is 16.3 Å². The molecule has 1 atom stereocenters. The number of rotatable bonds is 6. The third-order valence-electron chi connectivity index (χ3n) is 4.61. The first-order valence-corrected chi connectivity index (χ1v) is 9.69. The van der Waals surface area contributed by atoms with Crippen LogP contribution in [-0.4, -0.2) is 23.8 Å². The summed E-state index contributed by atoms with van der Waals surface area (Å²) < 4.78 is 5.60. The van der Waals surface area contributed by atoms with Crippen molar-refractivity contribution in [1.29, 1.82) is 0 Å². The Bertz CT molecular complexity index is 1000. The van der Waals surface area contributed by atoms with Gasteiger partial charge in [0.2, 0.25) is 0 Å². The van der Waals surface area contributed by atoms with Crippen molar-refractivity contribution < 1.29 is 14.3 Å². The molecule has 0 N–H and O–H groups in total. The summed E-state index contributed by atoms with van der Waals surface area (Å²) in [6.07, 6.45) is -0.540.